The minimum atomic E-state index is 0.203. The summed E-state index contributed by atoms with van der Waals surface area (Å²) in [5, 5.41) is 0. The quantitative estimate of drug-likeness (QED) is 0.337. The van der Waals surface area contributed by atoms with Gasteiger partial charge in [-0.15, -0.1) is 6.58 Å². The van der Waals surface area contributed by atoms with Crippen molar-refractivity contribution in [3.05, 3.63) is 60.9 Å². The van der Waals surface area contributed by atoms with Gasteiger partial charge in [0.2, 0.25) is 0 Å². The summed E-state index contributed by atoms with van der Waals surface area (Å²) in [6, 6.07) is 0. The molecule has 0 heterocycles. The molecule has 0 bridgehead atoms. The Bertz CT molecular complexity index is 329. The summed E-state index contributed by atoms with van der Waals surface area (Å²) >= 11 is 0. The molecule has 0 radical (unpaired) electrons. The molecular formula is C15H21N. The van der Waals surface area contributed by atoms with Crippen LogP contribution in [0.3, 0.4) is 0 Å². The Labute approximate surface area is 99.3 Å². The molecule has 0 aromatic rings. The van der Waals surface area contributed by atoms with Crippen molar-refractivity contribution in [2.45, 2.75) is 20.3 Å². The summed E-state index contributed by atoms with van der Waals surface area (Å²) in [4.78, 5) is 3.97. The summed E-state index contributed by atoms with van der Waals surface area (Å²) in [5.41, 5.74) is 1.81. The number of hydrogen-bond acceptors (Lipinski definition) is 1. The molecule has 0 saturated heterocycles. The fraction of sp³-hybridized carbons (Fsp3) is 0.267. The molecule has 0 aliphatic rings. The van der Waals surface area contributed by atoms with Crippen molar-refractivity contribution >= 4 is 6.72 Å². The van der Waals surface area contributed by atoms with Crippen LogP contribution in [0.1, 0.15) is 20.3 Å². The van der Waals surface area contributed by atoms with Crippen LogP contribution in [0.5, 0.6) is 0 Å². The van der Waals surface area contributed by atoms with Gasteiger partial charge in [-0.25, -0.2) is 0 Å². The predicted molar refractivity (Wildman–Crippen MR) is 74.7 cm³/mol. The molecule has 0 aromatic heterocycles. The van der Waals surface area contributed by atoms with Crippen LogP contribution in [-0.4, -0.2) is 6.72 Å². The van der Waals surface area contributed by atoms with Crippen molar-refractivity contribution in [1.29, 1.82) is 0 Å². The SMILES string of the molecule is C=CC(C)/C(=C\C(=C)/C=C\C=C/CC)N=C. The summed E-state index contributed by atoms with van der Waals surface area (Å²) < 4.78 is 0. The van der Waals surface area contributed by atoms with Crippen molar-refractivity contribution in [2.75, 3.05) is 0 Å². The van der Waals surface area contributed by atoms with Gasteiger partial charge < -0.3 is 0 Å². The normalized spacial score (nSPS) is 14.2. The molecule has 0 spiro atoms. The maximum atomic E-state index is 3.97. The van der Waals surface area contributed by atoms with Crippen LogP contribution < -0.4 is 0 Å². The van der Waals surface area contributed by atoms with E-state index >= 15 is 0 Å². The van der Waals surface area contributed by atoms with Gasteiger partial charge in [0.1, 0.15) is 0 Å². The zero-order valence-corrected chi connectivity index (χ0v) is 10.3. The molecule has 1 heteroatoms. The van der Waals surface area contributed by atoms with Crippen LogP contribution in [0.2, 0.25) is 0 Å². The highest BCUT2D eigenvalue weighted by molar-refractivity contribution is 5.37. The van der Waals surface area contributed by atoms with E-state index < -0.39 is 0 Å². The Morgan fingerprint density at radius 2 is 2.06 bits per heavy atom. The van der Waals surface area contributed by atoms with Gasteiger partial charge in [0, 0.05) is 11.6 Å². The Kier molecular flexibility index (Phi) is 7.78. The summed E-state index contributed by atoms with van der Waals surface area (Å²) in [7, 11) is 0. The van der Waals surface area contributed by atoms with Gasteiger partial charge in [-0.2, -0.15) is 0 Å². The lowest BCUT2D eigenvalue weighted by atomic mass is 10.1. The zero-order chi connectivity index (χ0) is 12.4. The van der Waals surface area contributed by atoms with Crippen LogP contribution in [-0.2, 0) is 0 Å². The number of rotatable bonds is 7. The molecule has 16 heavy (non-hydrogen) atoms. The minimum absolute atomic E-state index is 0.203. The Morgan fingerprint density at radius 1 is 1.38 bits per heavy atom. The third-order valence-corrected chi connectivity index (χ3v) is 2.13. The smallest absolute Gasteiger partial charge is 0.0467 e. The fourth-order valence-corrected chi connectivity index (χ4v) is 1.07. The van der Waals surface area contributed by atoms with E-state index in [1.54, 1.807) is 0 Å². The number of nitrogens with zero attached hydrogens (tertiary/aromatic N) is 1. The van der Waals surface area contributed by atoms with Crippen molar-refractivity contribution in [3.8, 4) is 0 Å². The van der Waals surface area contributed by atoms with Crippen molar-refractivity contribution < 1.29 is 0 Å². The van der Waals surface area contributed by atoms with Gasteiger partial charge in [-0.3, -0.25) is 4.99 Å². The molecule has 1 unspecified atom stereocenters. The molecule has 0 amide bonds. The predicted octanol–water partition coefficient (Wildman–Crippen LogP) is 4.47. The molecule has 0 aliphatic carbocycles. The van der Waals surface area contributed by atoms with Crippen molar-refractivity contribution in [2.24, 2.45) is 10.9 Å². The van der Waals surface area contributed by atoms with Crippen LogP contribution in [0, 0.1) is 5.92 Å². The first-order valence-electron chi connectivity index (χ1n) is 5.48. The lowest BCUT2D eigenvalue weighted by molar-refractivity contribution is 0.852. The molecule has 1 atom stereocenters. The second-order valence-electron chi connectivity index (χ2n) is 3.52. The molecule has 0 rings (SSSR count). The largest absolute Gasteiger partial charge is 0.268 e. The van der Waals surface area contributed by atoms with Crippen molar-refractivity contribution in [3.63, 3.8) is 0 Å². The van der Waals surface area contributed by atoms with Gasteiger partial charge in [-0.05, 0) is 24.8 Å². The van der Waals surface area contributed by atoms with E-state index in [9.17, 15) is 0 Å². The molecule has 0 aliphatic heterocycles. The second kappa shape index (κ2) is 8.66. The third kappa shape index (κ3) is 5.97. The van der Waals surface area contributed by atoms with Gasteiger partial charge in [-0.1, -0.05) is 50.8 Å². The summed E-state index contributed by atoms with van der Waals surface area (Å²) in [6.07, 6.45) is 12.8. The molecule has 0 fully saturated rings. The maximum Gasteiger partial charge on any atom is 0.0467 e. The van der Waals surface area contributed by atoms with E-state index in [1.165, 1.54) is 0 Å². The monoisotopic (exact) mass is 215 g/mol. The highest BCUT2D eigenvalue weighted by atomic mass is 14.7. The first kappa shape index (κ1) is 14.4. The van der Waals surface area contributed by atoms with Gasteiger partial charge >= 0.3 is 0 Å². The highest BCUT2D eigenvalue weighted by Gasteiger charge is 2.01. The topological polar surface area (TPSA) is 12.4 Å². The molecule has 0 saturated carbocycles. The van der Waals surface area contributed by atoms with E-state index in [0.717, 1.165) is 17.7 Å². The van der Waals surface area contributed by atoms with Crippen LogP contribution >= 0.6 is 0 Å². The standard InChI is InChI=1S/C15H21N/c1-6-8-9-10-11-13(3)12-15(16-5)14(4)7-2/h7-12,14H,2-3,5-6H2,1,4H3/b9-8-,11-10-,15-12+. The molecular weight excluding hydrogens is 194 g/mol. The Hall–Kier alpha value is -1.63. The van der Waals surface area contributed by atoms with Gasteiger partial charge in [0.15, 0.2) is 0 Å². The summed E-state index contributed by atoms with van der Waals surface area (Å²) in [6.45, 7) is 15.4. The van der Waals surface area contributed by atoms with E-state index in [1.807, 2.05) is 37.3 Å². The average Bonchev–Trinajstić information content (AvgIpc) is 2.30. The van der Waals surface area contributed by atoms with E-state index in [-0.39, 0.29) is 5.92 Å². The number of aliphatic imine (C=N–C) groups is 1. The fourth-order valence-electron chi connectivity index (χ4n) is 1.07. The van der Waals surface area contributed by atoms with Crippen molar-refractivity contribution in [1.82, 2.24) is 0 Å². The highest BCUT2D eigenvalue weighted by Crippen LogP contribution is 2.14. The van der Waals surface area contributed by atoms with Gasteiger partial charge in [0.25, 0.3) is 0 Å². The van der Waals surface area contributed by atoms with Crippen LogP contribution in [0.15, 0.2) is 65.9 Å². The van der Waals surface area contributed by atoms with Gasteiger partial charge in [0.05, 0.1) is 0 Å². The van der Waals surface area contributed by atoms with E-state index in [0.29, 0.717) is 0 Å². The Morgan fingerprint density at radius 3 is 2.56 bits per heavy atom. The van der Waals surface area contributed by atoms with Crippen LogP contribution in [0.25, 0.3) is 0 Å². The summed E-state index contributed by atoms with van der Waals surface area (Å²) in [5.74, 6) is 0.203. The number of hydrogen-bond donors (Lipinski definition) is 0. The maximum absolute atomic E-state index is 3.97. The number of allylic oxidation sites excluding steroid dienone is 7. The second-order valence-corrected chi connectivity index (χ2v) is 3.52. The van der Waals surface area contributed by atoms with E-state index in [4.69, 9.17) is 0 Å². The molecule has 0 aromatic carbocycles. The lowest BCUT2D eigenvalue weighted by Gasteiger charge is -2.05. The minimum Gasteiger partial charge on any atom is -0.268 e. The molecule has 86 valence electrons. The Balaban J connectivity index is 4.55. The molecule has 0 N–H and O–H groups in total. The molecule has 1 nitrogen and oxygen atoms in total. The van der Waals surface area contributed by atoms with Crippen LogP contribution in [0.4, 0.5) is 0 Å². The third-order valence-electron chi connectivity index (χ3n) is 2.13. The first-order valence-corrected chi connectivity index (χ1v) is 5.48. The lowest BCUT2D eigenvalue weighted by Crippen LogP contribution is -1.92. The average molecular weight is 215 g/mol. The first-order chi connectivity index (χ1) is 7.65. The zero-order valence-electron chi connectivity index (χ0n) is 10.3. The van der Waals surface area contributed by atoms with E-state index in [2.05, 4.69) is 37.9 Å².